The number of hydrogen-bond acceptors (Lipinski definition) is 2. The summed E-state index contributed by atoms with van der Waals surface area (Å²) in [5.41, 5.74) is -0.382. The van der Waals surface area contributed by atoms with Crippen LogP contribution < -0.4 is 4.90 Å². The van der Waals surface area contributed by atoms with Crippen LogP contribution in [0.2, 0.25) is 0 Å². The average Bonchev–Trinajstić information content (AvgIpc) is 2.27. The topological polar surface area (TPSA) is 16.1 Å². The van der Waals surface area contributed by atoms with E-state index in [1.165, 1.54) is 12.5 Å². The van der Waals surface area contributed by atoms with Gasteiger partial charge in [0.1, 0.15) is 11.5 Å². The summed E-state index contributed by atoms with van der Waals surface area (Å²) in [5.74, 6) is 1.69. The monoisotopic (exact) mass is 274 g/mol. The summed E-state index contributed by atoms with van der Waals surface area (Å²) >= 11 is 5.01. The highest BCUT2D eigenvalue weighted by Gasteiger charge is 2.31. The zero-order valence-corrected chi connectivity index (χ0v) is 11.3. The van der Waals surface area contributed by atoms with Crippen LogP contribution in [0.25, 0.3) is 0 Å². The molecule has 2 rings (SSSR count). The standard InChI is InChI=1S/C13H17ClF2N2/c1-9-6-10(2)8-18(7-9)12-5-3-4-11(17-12)13(14,15)16/h3-5,9-10H,6-8H2,1-2H3. The molecule has 1 saturated heterocycles. The van der Waals surface area contributed by atoms with E-state index in [2.05, 4.69) is 23.7 Å². The first-order chi connectivity index (χ1) is 8.36. The van der Waals surface area contributed by atoms with Crippen molar-refractivity contribution in [3.05, 3.63) is 23.9 Å². The van der Waals surface area contributed by atoms with Crippen LogP contribution in [-0.2, 0) is 5.38 Å². The number of anilines is 1. The first-order valence-corrected chi connectivity index (χ1v) is 6.53. The van der Waals surface area contributed by atoms with Crippen molar-refractivity contribution in [1.82, 2.24) is 4.98 Å². The maximum atomic E-state index is 13.0. The number of nitrogens with zero attached hydrogens (tertiary/aromatic N) is 2. The number of rotatable bonds is 2. The number of hydrogen-bond donors (Lipinski definition) is 0. The molecule has 1 aromatic rings. The van der Waals surface area contributed by atoms with E-state index in [4.69, 9.17) is 11.6 Å². The molecule has 18 heavy (non-hydrogen) atoms. The molecule has 0 bridgehead atoms. The number of piperidine rings is 1. The molecule has 0 aliphatic carbocycles. The molecule has 0 amide bonds. The lowest BCUT2D eigenvalue weighted by Gasteiger charge is -2.36. The van der Waals surface area contributed by atoms with Gasteiger partial charge in [0, 0.05) is 13.1 Å². The molecule has 1 aliphatic heterocycles. The van der Waals surface area contributed by atoms with Crippen molar-refractivity contribution in [1.29, 1.82) is 0 Å². The second-order valence-corrected chi connectivity index (χ2v) is 5.70. The summed E-state index contributed by atoms with van der Waals surface area (Å²) < 4.78 is 26.1. The predicted molar refractivity (Wildman–Crippen MR) is 69.1 cm³/mol. The SMILES string of the molecule is CC1CC(C)CN(c2cccc(C(F)(F)Cl)n2)C1. The second kappa shape index (κ2) is 5.00. The van der Waals surface area contributed by atoms with Crippen LogP contribution in [0.15, 0.2) is 18.2 Å². The van der Waals surface area contributed by atoms with Gasteiger partial charge in [-0.25, -0.2) is 4.98 Å². The van der Waals surface area contributed by atoms with Crippen molar-refractivity contribution in [3.63, 3.8) is 0 Å². The summed E-state index contributed by atoms with van der Waals surface area (Å²) in [6.07, 6.45) is 1.17. The highest BCUT2D eigenvalue weighted by molar-refractivity contribution is 6.21. The summed E-state index contributed by atoms with van der Waals surface area (Å²) in [6.45, 7) is 6.05. The largest absolute Gasteiger partial charge is 0.364 e. The number of aromatic nitrogens is 1. The molecular formula is C13H17ClF2N2. The fraction of sp³-hybridized carbons (Fsp3) is 0.615. The van der Waals surface area contributed by atoms with Gasteiger partial charge in [0.15, 0.2) is 0 Å². The molecule has 0 spiro atoms. The Kier molecular flexibility index (Phi) is 3.76. The summed E-state index contributed by atoms with van der Waals surface area (Å²) in [7, 11) is 0. The highest BCUT2D eigenvalue weighted by atomic mass is 35.5. The molecule has 1 fully saturated rings. The van der Waals surface area contributed by atoms with Gasteiger partial charge in [0.05, 0.1) is 0 Å². The molecule has 0 radical (unpaired) electrons. The molecule has 100 valence electrons. The van der Waals surface area contributed by atoms with Crippen molar-refractivity contribution >= 4 is 17.4 Å². The maximum Gasteiger partial charge on any atom is 0.364 e. The van der Waals surface area contributed by atoms with Gasteiger partial charge in [-0.2, -0.15) is 8.78 Å². The van der Waals surface area contributed by atoms with E-state index in [-0.39, 0.29) is 5.69 Å². The highest BCUT2D eigenvalue weighted by Crippen LogP contribution is 2.32. The van der Waals surface area contributed by atoms with E-state index in [9.17, 15) is 8.78 Å². The lowest BCUT2D eigenvalue weighted by atomic mass is 9.92. The smallest absolute Gasteiger partial charge is 0.356 e. The second-order valence-electron chi connectivity index (χ2n) is 5.23. The van der Waals surface area contributed by atoms with Crippen LogP contribution in [0.3, 0.4) is 0 Å². The lowest BCUT2D eigenvalue weighted by molar-refractivity contribution is 0.0900. The summed E-state index contributed by atoms with van der Waals surface area (Å²) in [4.78, 5) is 6.04. The van der Waals surface area contributed by atoms with E-state index in [0.29, 0.717) is 17.7 Å². The van der Waals surface area contributed by atoms with Crippen molar-refractivity contribution in [2.24, 2.45) is 11.8 Å². The van der Waals surface area contributed by atoms with E-state index >= 15 is 0 Å². The molecule has 5 heteroatoms. The Balaban J connectivity index is 2.23. The molecule has 0 N–H and O–H groups in total. The minimum atomic E-state index is -3.40. The molecule has 2 atom stereocenters. The lowest BCUT2D eigenvalue weighted by Crippen LogP contribution is -2.39. The zero-order valence-electron chi connectivity index (χ0n) is 10.5. The third-order valence-corrected chi connectivity index (χ3v) is 3.41. The zero-order chi connectivity index (χ0) is 13.3. The van der Waals surface area contributed by atoms with Gasteiger partial charge in [0.2, 0.25) is 0 Å². The Bertz CT molecular complexity index is 410. The Labute approximate surface area is 111 Å². The van der Waals surface area contributed by atoms with E-state index in [0.717, 1.165) is 13.1 Å². The first-order valence-electron chi connectivity index (χ1n) is 6.15. The molecular weight excluding hydrogens is 258 g/mol. The first kappa shape index (κ1) is 13.5. The van der Waals surface area contributed by atoms with Gasteiger partial charge in [0.25, 0.3) is 0 Å². The fourth-order valence-electron chi connectivity index (χ4n) is 2.61. The third kappa shape index (κ3) is 3.10. The van der Waals surface area contributed by atoms with E-state index < -0.39 is 5.38 Å². The van der Waals surface area contributed by atoms with E-state index in [1.807, 2.05) is 0 Å². The molecule has 2 unspecified atom stereocenters. The summed E-state index contributed by atoms with van der Waals surface area (Å²) in [6, 6.07) is 4.60. The quantitative estimate of drug-likeness (QED) is 0.762. The molecule has 1 aliphatic rings. The molecule has 0 saturated carbocycles. The molecule has 2 nitrogen and oxygen atoms in total. The fourth-order valence-corrected chi connectivity index (χ4v) is 2.71. The van der Waals surface area contributed by atoms with Gasteiger partial charge in [-0.15, -0.1) is 0 Å². The Morgan fingerprint density at radius 3 is 2.44 bits per heavy atom. The van der Waals surface area contributed by atoms with Crippen molar-refractivity contribution in [2.75, 3.05) is 18.0 Å². The maximum absolute atomic E-state index is 13.0. The van der Waals surface area contributed by atoms with Gasteiger partial charge in [-0.1, -0.05) is 19.9 Å². The van der Waals surface area contributed by atoms with Gasteiger partial charge in [-0.05, 0) is 42.0 Å². The van der Waals surface area contributed by atoms with Crippen LogP contribution in [0.4, 0.5) is 14.6 Å². The Hall–Kier alpha value is -0.900. The number of pyridine rings is 1. The van der Waals surface area contributed by atoms with Crippen molar-refractivity contribution in [2.45, 2.75) is 25.7 Å². The van der Waals surface area contributed by atoms with Gasteiger partial charge >= 0.3 is 5.38 Å². The van der Waals surface area contributed by atoms with Gasteiger partial charge in [-0.3, -0.25) is 0 Å². The van der Waals surface area contributed by atoms with Crippen LogP contribution in [0.5, 0.6) is 0 Å². The Morgan fingerprint density at radius 2 is 1.89 bits per heavy atom. The predicted octanol–water partition coefficient (Wildman–Crippen LogP) is 3.85. The van der Waals surface area contributed by atoms with Crippen molar-refractivity contribution < 1.29 is 8.78 Å². The number of halogens is 3. The van der Waals surface area contributed by atoms with Crippen LogP contribution in [0.1, 0.15) is 26.0 Å². The number of alkyl halides is 3. The van der Waals surface area contributed by atoms with Crippen LogP contribution in [-0.4, -0.2) is 18.1 Å². The molecule has 2 heterocycles. The minimum absolute atomic E-state index is 0.382. The van der Waals surface area contributed by atoms with Crippen LogP contribution >= 0.6 is 11.6 Å². The average molecular weight is 275 g/mol. The normalized spacial score (nSPS) is 25.3. The Morgan fingerprint density at radius 1 is 1.28 bits per heavy atom. The van der Waals surface area contributed by atoms with Crippen LogP contribution in [0, 0.1) is 11.8 Å². The summed E-state index contributed by atoms with van der Waals surface area (Å²) in [5, 5.41) is -3.40. The van der Waals surface area contributed by atoms with Crippen molar-refractivity contribution in [3.8, 4) is 0 Å². The van der Waals surface area contributed by atoms with E-state index in [1.54, 1.807) is 12.1 Å². The third-order valence-electron chi connectivity index (χ3n) is 3.22. The molecule has 0 aromatic carbocycles. The minimum Gasteiger partial charge on any atom is -0.356 e. The van der Waals surface area contributed by atoms with Gasteiger partial charge < -0.3 is 4.90 Å². The molecule has 1 aromatic heterocycles.